The van der Waals surface area contributed by atoms with Crippen molar-refractivity contribution in [1.29, 1.82) is 0 Å². The minimum absolute atomic E-state index is 0.0578. The maximum atomic E-state index is 14.0. The number of likely N-dealkylation sites (N-methyl/N-ethyl adjacent to an activating group) is 1. The van der Waals surface area contributed by atoms with E-state index in [-0.39, 0.29) is 34.5 Å². The first-order chi connectivity index (χ1) is 19.0. The molecular weight excluding hydrogens is 597 g/mol. The fraction of sp³-hybridized carbons (Fsp3) is 0.286. The summed E-state index contributed by atoms with van der Waals surface area (Å²) in [7, 11) is -2.79. The van der Waals surface area contributed by atoms with Gasteiger partial charge in [-0.3, -0.25) is 13.9 Å². The minimum Gasteiger partial charge on any atom is -0.497 e. The van der Waals surface area contributed by atoms with Crippen LogP contribution in [-0.4, -0.2) is 51.4 Å². The van der Waals surface area contributed by atoms with Crippen LogP contribution in [0.15, 0.2) is 71.6 Å². The number of sulfonamides is 1. The summed E-state index contributed by atoms with van der Waals surface area (Å²) in [5, 5.41) is 3.66. The maximum absolute atomic E-state index is 14.0. The van der Waals surface area contributed by atoms with Crippen molar-refractivity contribution in [2.45, 2.75) is 37.8 Å². The summed E-state index contributed by atoms with van der Waals surface area (Å²) in [5.41, 5.74) is 0.618. The van der Waals surface area contributed by atoms with Crippen LogP contribution >= 0.6 is 34.8 Å². The number of benzene rings is 3. The lowest BCUT2D eigenvalue weighted by Gasteiger charge is -2.33. The molecule has 0 aromatic heterocycles. The molecule has 0 aliphatic heterocycles. The molecule has 0 spiro atoms. The quantitative estimate of drug-likeness (QED) is 0.274. The zero-order valence-corrected chi connectivity index (χ0v) is 25.3. The van der Waals surface area contributed by atoms with Crippen molar-refractivity contribution in [3.8, 4) is 5.75 Å². The van der Waals surface area contributed by atoms with E-state index in [0.29, 0.717) is 27.9 Å². The number of rotatable bonds is 12. The Balaban J connectivity index is 2.10. The van der Waals surface area contributed by atoms with Gasteiger partial charge in [0.25, 0.3) is 10.0 Å². The number of nitrogens with one attached hydrogen (secondary N) is 1. The highest BCUT2D eigenvalue weighted by Crippen LogP contribution is 2.30. The summed E-state index contributed by atoms with van der Waals surface area (Å²) in [6.45, 7) is 3.15. The molecule has 3 aromatic rings. The maximum Gasteiger partial charge on any atom is 0.264 e. The molecule has 3 aromatic carbocycles. The van der Waals surface area contributed by atoms with Crippen molar-refractivity contribution >= 4 is 62.3 Å². The fourth-order valence-corrected chi connectivity index (χ4v) is 6.21. The zero-order chi connectivity index (χ0) is 29.4. The first kappa shape index (κ1) is 31.5. The molecule has 0 saturated heterocycles. The second-order valence-corrected chi connectivity index (χ2v) is 11.8. The largest absolute Gasteiger partial charge is 0.497 e. The summed E-state index contributed by atoms with van der Waals surface area (Å²) < 4.78 is 33.9. The molecular formula is C28H30Cl3N3O5S. The van der Waals surface area contributed by atoms with Gasteiger partial charge in [-0.1, -0.05) is 53.9 Å². The number of carbonyl (C=O) groups is 2. The Kier molecular flexibility index (Phi) is 11.1. The van der Waals surface area contributed by atoms with E-state index >= 15 is 0 Å². The van der Waals surface area contributed by atoms with E-state index in [9.17, 15) is 18.0 Å². The number of anilines is 1. The molecule has 0 bridgehead atoms. The Bertz CT molecular complexity index is 1430. The van der Waals surface area contributed by atoms with Crippen molar-refractivity contribution in [1.82, 2.24) is 10.2 Å². The standard InChI is InChI=1S/C28H30Cl3N3O5S/c1-4-26(28(36)32-5-2)33(17-23-24(30)10-7-11-25(23)31)27(35)18-34(20-9-6-8-19(29)16-20)40(37,38)22-14-12-21(39-3)13-15-22/h6-16,26H,4-5,17-18H2,1-3H3,(H,32,36). The van der Waals surface area contributed by atoms with E-state index < -0.39 is 28.5 Å². The van der Waals surface area contributed by atoms with Crippen molar-refractivity contribution in [2.75, 3.05) is 24.5 Å². The SMILES string of the molecule is CCNC(=O)C(CC)N(Cc1c(Cl)cccc1Cl)C(=O)CN(c1cccc(Cl)c1)S(=O)(=O)c1ccc(OC)cc1. The lowest BCUT2D eigenvalue weighted by molar-refractivity contribution is -0.140. The van der Waals surface area contributed by atoms with Crippen molar-refractivity contribution < 1.29 is 22.7 Å². The molecule has 8 nitrogen and oxygen atoms in total. The van der Waals surface area contributed by atoms with Gasteiger partial charge in [0.1, 0.15) is 18.3 Å². The van der Waals surface area contributed by atoms with Crippen LogP contribution in [0.2, 0.25) is 15.1 Å². The fourth-order valence-electron chi connectivity index (χ4n) is 4.10. The highest BCUT2D eigenvalue weighted by atomic mass is 35.5. The van der Waals surface area contributed by atoms with Crippen LogP contribution in [0.4, 0.5) is 5.69 Å². The molecule has 1 N–H and O–H groups in total. The second-order valence-electron chi connectivity index (χ2n) is 8.71. The summed E-state index contributed by atoms with van der Waals surface area (Å²) in [5.74, 6) is -0.542. The molecule has 2 amide bonds. The third-order valence-corrected chi connectivity index (χ3v) is 8.88. The molecule has 0 radical (unpaired) electrons. The van der Waals surface area contributed by atoms with Crippen LogP contribution in [0.1, 0.15) is 25.8 Å². The molecule has 0 saturated carbocycles. The van der Waals surface area contributed by atoms with Crippen LogP contribution in [0.25, 0.3) is 0 Å². The summed E-state index contributed by atoms with van der Waals surface area (Å²) in [4.78, 5) is 28.3. The van der Waals surface area contributed by atoms with Gasteiger partial charge in [0.2, 0.25) is 11.8 Å². The lowest BCUT2D eigenvalue weighted by Crippen LogP contribution is -2.52. The van der Waals surface area contributed by atoms with Crippen molar-refractivity contribution in [2.24, 2.45) is 0 Å². The van der Waals surface area contributed by atoms with E-state index in [0.717, 1.165) is 4.31 Å². The second kappa shape index (κ2) is 14.1. The van der Waals surface area contributed by atoms with E-state index in [4.69, 9.17) is 39.5 Å². The molecule has 0 heterocycles. The van der Waals surface area contributed by atoms with Gasteiger partial charge in [-0.05, 0) is 67.9 Å². The molecule has 40 heavy (non-hydrogen) atoms. The summed E-state index contributed by atoms with van der Waals surface area (Å²) >= 11 is 19.0. The monoisotopic (exact) mass is 625 g/mol. The highest BCUT2D eigenvalue weighted by Gasteiger charge is 2.34. The summed E-state index contributed by atoms with van der Waals surface area (Å²) in [6.07, 6.45) is 0.266. The summed E-state index contributed by atoms with van der Waals surface area (Å²) in [6, 6.07) is 16.0. The number of halogens is 3. The Hall–Kier alpha value is -2.98. The van der Waals surface area contributed by atoms with Crippen molar-refractivity contribution in [3.63, 3.8) is 0 Å². The minimum atomic E-state index is -4.26. The average Bonchev–Trinajstić information content (AvgIpc) is 2.93. The van der Waals surface area contributed by atoms with Crippen LogP contribution < -0.4 is 14.4 Å². The molecule has 3 rings (SSSR count). The Morgan fingerprint density at radius 1 is 0.950 bits per heavy atom. The number of nitrogens with zero attached hydrogens (tertiary/aromatic N) is 2. The van der Waals surface area contributed by atoms with Gasteiger partial charge < -0.3 is 15.0 Å². The number of ether oxygens (including phenoxy) is 1. The molecule has 214 valence electrons. The Labute approximate surface area is 249 Å². The third kappa shape index (κ3) is 7.40. The third-order valence-electron chi connectivity index (χ3n) is 6.15. The smallest absolute Gasteiger partial charge is 0.264 e. The predicted molar refractivity (Wildman–Crippen MR) is 159 cm³/mol. The first-order valence-electron chi connectivity index (χ1n) is 12.5. The number of hydrogen-bond donors (Lipinski definition) is 1. The van der Waals surface area contributed by atoms with E-state index in [2.05, 4.69) is 5.32 Å². The molecule has 0 aliphatic rings. The normalized spacial score (nSPS) is 11.9. The van der Waals surface area contributed by atoms with E-state index in [1.165, 1.54) is 48.4 Å². The molecule has 1 unspecified atom stereocenters. The van der Waals surface area contributed by atoms with Gasteiger partial charge in [-0.15, -0.1) is 0 Å². The first-order valence-corrected chi connectivity index (χ1v) is 15.0. The Morgan fingerprint density at radius 3 is 2.12 bits per heavy atom. The van der Waals surface area contributed by atoms with E-state index in [1.54, 1.807) is 44.2 Å². The van der Waals surface area contributed by atoms with Gasteiger partial charge in [0.15, 0.2) is 0 Å². The van der Waals surface area contributed by atoms with Crippen molar-refractivity contribution in [3.05, 3.63) is 87.4 Å². The van der Waals surface area contributed by atoms with Gasteiger partial charge in [0.05, 0.1) is 17.7 Å². The molecule has 1 atom stereocenters. The Morgan fingerprint density at radius 2 is 1.57 bits per heavy atom. The number of hydrogen-bond acceptors (Lipinski definition) is 5. The van der Waals surface area contributed by atoms with Crippen LogP contribution in [0.5, 0.6) is 5.75 Å². The highest BCUT2D eigenvalue weighted by molar-refractivity contribution is 7.92. The van der Waals surface area contributed by atoms with Crippen LogP contribution in [-0.2, 0) is 26.2 Å². The molecule has 12 heteroatoms. The van der Waals surface area contributed by atoms with Crippen LogP contribution in [0, 0.1) is 0 Å². The lowest BCUT2D eigenvalue weighted by atomic mass is 10.1. The number of carbonyl (C=O) groups excluding carboxylic acids is 2. The predicted octanol–water partition coefficient (Wildman–Crippen LogP) is 5.79. The van der Waals surface area contributed by atoms with Gasteiger partial charge in [-0.25, -0.2) is 8.42 Å². The van der Waals surface area contributed by atoms with Gasteiger partial charge >= 0.3 is 0 Å². The average molecular weight is 627 g/mol. The van der Waals surface area contributed by atoms with Crippen LogP contribution in [0.3, 0.4) is 0 Å². The molecule has 0 aliphatic carbocycles. The van der Waals surface area contributed by atoms with E-state index in [1.807, 2.05) is 0 Å². The zero-order valence-electron chi connectivity index (χ0n) is 22.2. The number of methoxy groups -OCH3 is 1. The molecule has 0 fully saturated rings. The van der Waals surface area contributed by atoms with Gasteiger partial charge in [-0.2, -0.15) is 0 Å². The topological polar surface area (TPSA) is 96.0 Å². The van der Waals surface area contributed by atoms with Gasteiger partial charge in [0, 0.05) is 33.7 Å². The number of amides is 2.